The van der Waals surface area contributed by atoms with Gasteiger partial charge in [0.25, 0.3) is 5.56 Å². The summed E-state index contributed by atoms with van der Waals surface area (Å²) in [5.74, 6) is -0.302. The van der Waals surface area contributed by atoms with Crippen molar-refractivity contribution in [1.82, 2.24) is 19.3 Å². The molecule has 7 nitrogen and oxygen atoms in total. The number of nitrogens with zero attached hydrogens (tertiary/aromatic N) is 4. The van der Waals surface area contributed by atoms with E-state index in [0.717, 1.165) is 23.2 Å². The zero-order valence-electron chi connectivity index (χ0n) is 14.9. The second-order valence-electron chi connectivity index (χ2n) is 6.00. The van der Waals surface area contributed by atoms with Crippen molar-refractivity contribution in [2.24, 2.45) is 7.05 Å². The van der Waals surface area contributed by atoms with E-state index >= 15 is 0 Å². The number of hydrogen-bond donors (Lipinski definition) is 1. The normalized spacial score (nSPS) is 11.1. The van der Waals surface area contributed by atoms with Crippen LogP contribution in [0.4, 0.5) is 5.69 Å². The monoisotopic (exact) mass is 373 g/mol. The van der Waals surface area contributed by atoms with Gasteiger partial charge in [0.15, 0.2) is 5.65 Å². The van der Waals surface area contributed by atoms with Gasteiger partial charge in [-0.15, -0.1) is 0 Å². The molecule has 0 atom stereocenters. The lowest BCUT2D eigenvalue weighted by molar-refractivity contribution is -0.116. The number of hydrogen-bond acceptors (Lipinski definition) is 4. The SMILES string of the molecule is CCc1ccc(Cl)c(CC)c1NC(=O)Cn1cnc2c(cnn2C)c1=O. The van der Waals surface area contributed by atoms with Crippen molar-refractivity contribution in [3.8, 4) is 0 Å². The van der Waals surface area contributed by atoms with E-state index in [1.165, 1.54) is 21.8 Å². The first-order chi connectivity index (χ1) is 12.5. The molecule has 2 aromatic heterocycles. The number of aromatic nitrogens is 4. The second kappa shape index (κ2) is 7.29. The maximum atomic E-state index is 12.6. The molecule has 1 amide bonds. The van der Waals surface area contributed by atoms with Crippen LogP contribution in [0.25, 0.3) is 11.0 Å². The Balaban J connectivity index is 1.90. The van der Waals surface area contributed by atoms with E-state index in [0.29, 0.717) is 22.5 Å². The van der Waals surface area contributed by atoms with Gasteiger partial charge in [0.05, 0.1) is 6.20 Å². The molecule has 3 rings (SSSR count). The number of nitrogens with one attached hydrogen (secondary N) is 1. The Labute approximate surface area is 155 Å². The third-order valence-corrected chi connectivity index (χ3v) is 4.73. The third-order valence-electron chi connectivity index (χ3n) is 4.37. The molecule has 26 heavy (non-hydrogen) atoms. The molecule has 0 fully saturated rings. The number of aryl methyl sites for hydroxylation is 2. The van der Waals surface area contributed by atoms with Crippen molar-refractivity contribution < 1.29 is 4.79 Å². The summed E-state index contributed by atoms with van der Waals surface area (Å²) in [6.45, 7) is 3.87. The van der Waals surface area contributed by atoms with Crippen molar-refractivity contribution in [3.63, 3.8) is 0 Å². The predicted octanol–water partition coefficient (Wildman–Crippen LogP) is 2.55. The molecule has 0 aliphatic rings. The zero-order chi connectivity index (χ0) is 18.8. The highest BCUT2D eigenvalue weighted by atomic mass is 35.5. The number of carbonyl (C=O) groups is 1. The Bertz CT molecular complexity index is 1040. The Morgan fingerprint density at radius 1 is 1.27 bits per heavy atom. The van der Waals surface area contributed by atoms with Crippen molar-refractivity contribution in [2.45, 2.75) is 33.2 Å². The van der Waals surface area contributed by atoms with E-state index in [1.807, 2.05) is 26.0 Å². The van der Waals surface area contributed by atoms with Crippen LogP contribution >= 0.6 is 11.6 Å². The van der Waals surface area contributed by atoms with Crippen LogP contribution in [0.3, 0.4) is 0 Å². The molecule has 0 spiro atoms. The molecule has 2 heterocycles. The van der Waals surface area contributed by atoms with Gasteiger partial charge in [0.1, 0.15) is 18.3 Å². The lowest BCUT2D eigenvalue weighted by Gasteiger charge is -2.16. The minimum Gasteiger partial charge on any atom is -0.324 e. The predicted molar refractivity (Wildman–Crippen MR) is 102 cm³/mol. The lowest BCUT2D eigenvalue weighted by atomic mass is 10.0. The lowest BCUT2D eigenvalue weighted by Crippen LogP contribution is -2.28. The molecule has 0 aliphatic carbocycles. The van der Waals surface area contributed by atoms with Crippen molar-refractivity contribution in [1.29, 1.82) is 0 Å². The first kappa shape index (κ1) is 18.1. The van der Waals surface area contributed by atoms with Crippen LogP contribution < -0.4 is 10.9 Å². The number of benzene rings is 1. The number of carbonyl (C=O) groups excluding carboxylic acids is 1. The molecule has 136 valence electrons. The fourth-order valence-electron chi connectivity index (χ4n) is 2.98. The second-order valence-corrected chi connectivity index (χ2v) is 6.41. The summed E-state index contributed by atoms with van der Waals surface area (Å²) in [4.78, 5) is 29.3. The zero-order valence-corrected chi connectivity index (χ0v) is 15.7. The number of rotatable bonds is 5. The number of amides is 1. The van der Waals surface area contributed by atoms with Crippen LogP contribution in [0.5, 0.6) is 0 Å². The molecule has 0 radical (unpaired) electrons. The van der Waals surface area contributed by atoms with Gasteiger partial charge in [-0.25, -0.2) is 4.98 Å². The average Bonchev–Trinajstić information content (AvgIpc) is 3.00. The van der Waals surface area contributed by atoms with E-state index in [-0.39, 0.29) is 18.0 Å². The van der Waals surface area contributed by atoms with Crippen molar-refractivity contribution in [3.05, 3.63) is 51.2 Å². The van der Waals surface area contributed by atoms with Crippen LogP contribution in [0.2, 0.25) is 5.02 Å². The fraction of sp³-hybridized carbons (Fsp3) is 0.333. The van der Waals surface area contributed by atoms with E-state index < -0.39 is 0 Å². The van der Waals surface area contributed by atoms with Gasteiger partial charge in [0, 0.05) is 17.8 Å². The summed E-state index contributed by atoms with van der Waals surface area (Å²) in [7, 11) is 1.71. The molecule has 8 heteroatoms. The van der Waals surface area contributed by atoms with Crippen LogP contribution in [-0.2, 0) is 31.2 Å². The van der Waals surface area contributed by atoms with Crippen LogP contribution in [-0.4, -0.2) is 25.2 Å². The number of anilines is 1. The highest BCUT2D eigenvalue weighted by Gasteiger charge is 2.15. The summed E-state index contributed by atoms with van der Waals surface area (Å²) in [6.07, 6.45) is 4.29. The maximum Gasteiger partial charge on any atom is 0.264 e. The van der Waals surface area contributed by atoms with Gasteiger partial charge in [0.2, 0.25) is 5.91 Å². The van der Waals surface area contributed by atoms with Crippen LogP contribution in [0.1, 0.15) is 25.0 Å². The topological polar surface area (TPSA) is 81.8 Å². The van der Waals surface area contributed by atoms with Gasteiger partial charge in [-0.1, -0.05) is 31.5 Å². The molecule has 1 aromatic carbocycles. The third kappa shape index (κ3) is 3.22. The quantitative estimate of drug-likeness (QED) is 0.745. The first-order valence-corrected chi connectivity index (χ1v) is 8.81. The van der Waals surface area contributed by atoms with Crippen molar-refractivity contribution in [2.75, 3.05) is 5.32 Å². The van der Waals surface area contributed by atoms with E-state index in [1.54, 1.807) is 7.05 Å². The van der Waals surface area contributed by atoms with Crippen molar-refractivity contribution >= 4 is 34.2 Å². The molecule has 0 saturated heterocycles. The summed E-state index contributed by atoms with van der Waals surface area (Å²) in [5.41, 5.74) is 2.83. The van der Waals surface area contributed by atoms with E-state index in [9.17, 15) is 9.59 Å². The molecule has 0 saturated carbocycles. The largest absolute Gasteiger partial charge is 0.324 e. The standard InChI is InChI=1S/C18H20ClN5O2/c1-4-11-6-7-14(19)12(5-2)16(11)22-15(25)9-24-10-20-17-13(18(24)26)8-21-23(17)3/h6-8,10H,4-5,9H2,1-3H3,(H,22,25). The average molecular weight is 374 g/mol. The Morgan fingerprint density at radius 3 is 2.73 bits per heavy atom. The Hall–Kier alpha value is -2.67. The van der Waals surface area contributed by atoms with E-state index in [4.69, 9.17) is 11.6 Å². The fourth-order valence-corrected chi connectivity index (χ4v) is 3.27. The summed E-state index contributed by atoms with van der Waals surface area (Å²) in [6, 6.07) is 3.76. The van der Waals surface area contributed by atoms with Gasteiger partial charge in [-0.05, 0) is 30.0 Å². The highest BCUT2D eigenvalue weighted by Crippen LogP contribution is 2.29. The van der Waals surface area contributed by atoms with Gasteiger partial charge >= 0.3 is 0 Å². The molecule has 0 bridgehead atoms. The Morgan fingerprint density at radius 2 is 2.04 bits per heavy atom. The molecular formula is C18H20ClN5O2. The smallest absolute Gasteiger partial charge is 0.264 e. The first-order valence-electron chi connectivity index (χ1n) is 8.43. The minimum absolute atomic E-state index is 0.129. The number of fused-ring (bicyclic) bond motifs is 1. The Kier molecular flexibility index (Phi) is 5.08. The van der Waals surface area contributed by atoms with E-state index in [2.05, 4.69) is 15.4 Å². The summed E-state index contributed by atoms with van der Waals surface area (Å²) in [5, 5.41) is 7.95. The summed E-state index contributed by atoms with van der Waals surface area (Å²) >= 11 is 6.27. The molecule has 0 unspecified atom stereocenters. The van der Waals surface area contributed by atoms with Crippen LogP contribution in [0.15, 0.2) is 29.5 Å². The summed E-state index contributed by atoms with van der Waals surface area (Å²) < 4.78 is 2.80. The molecule has 0 aliphatic heterocycles. The van der Waals surface area contributed by atoms with Gasteiger partial charge in [-0.3, -0.25) is 18.8 Å². The van der Waals surface area contributed by atoms with Gasteiger partial charge in [-0.2, -0.15) is 5.10 Å². The molecule has 3 aromatic rings. The molecular weight excluding hydrogens is 354 g/mol. The molecule has 1 N–H and O–H groups in total. The van der Waals surface area contributed by atoms with Gasteiger partial charge < -0.3 is 5.32 Å². The highest BCUT2D eigenvalue weighted by molar-refractivity contribution is 6.32. The minimum atomic E-state index is -0.302. The van der Waals surface area contributed by atoms with Crippen LogP contribution in [0, 0.1) is 0 Å². The number of halogens is 1. The maximum absolute atomic E-state index is 12.6.